The molecule has 0 radical (unpaired) electrons. The first-order valence-electron chi connectivity index (χ1n) is 6.41. The number of nitrogens with one attached hydrogen (secondary N) is 1. The molecule has 0 fully saturated rings. The second kappa shape index (κ2) is 7.38. The van der Waals surface area contributed by atoms with Crippen LogP contribution in [0.25, 0.3) is 0 Å². The third kappa shape index (κ3) is 4.05. The SMILES string of the molecule is CCN[S+]([O-])c1ccc(C(O)c2ccc(F)cc2)c(Br)c1. The quantitative estimate of drug-likeness (QED) is 0.792. The maximum atomic E-state index is 12.9. The minimum atomic E-state index is -1.27. The van der Waals surface area contributed by atoms with Gasteiger partial charge in [0, 0.05) is 17.1 Å². The molecule has 0 saturated heterocycles. The van der Waals surface area contributed by atoms with Gasteiger partial charge in [-0.2, -0.15) is 0 Å². The number of rotatable bonds is 5. The van der Waals surface area contributed by atoms with Crippen LogP contribution in [0.5, 0.6) is 0 Å². The van der Waals surface area contributed by atoms with E-state index in [9.17, 15) is 14.0 Å². The summed E-state index contributed by atoms with van der Waals surface area (Å²) < 4.78 is 28.3. The minimum absolute atomic E-state index is 0.346. The van der Waals surface area contributed by atoms with Crippen LogP contribution in [0.1, 0.15) is 24.2 Å². The highest BCUT2D eigenvalue weighted by Gasteiger charge is 2.17. The van der Waals surface area contributed by atoms with Gasteiger partial charge in [0.25, 0.3) is 0 Å². The molecular formula is C15H15BrFNO2S. The molecule has 0 saturated carbocycles. The maximum absolute atomic E-state index is 12.9. The zero-order valence-electron chi connectivity index (χ0n) is 11.3. The minimum Gasteiger partial charge on any atom is -0.593 e. The van der Waals surface area contributed by atoms with Crippen LogP contribution in [0.4, 0.5) is 4.39 Å². The third-order valence-corrected chi connectivity index (χ3v) is 4.86. The fourth-order valence-electron chi connectivity index (χ4n) is 1.88. The van der Waals surface area contributed by atoms with Gasteiger partial charge in [0.15, 0.2) is 4.90 Å². The highest BCUT2D eigenvalue weighted by molar-refractivity contribution is 9.10. The van der Waals surface area contributed by atoms with Gasteiger partial charge in [-0.25, -0.2) is 4.39 Å². The van der Waals surface area contributed by atoms with Crippen LogP contribution in [0.15, 0.2) is 51.8 Å². The van der Waals surface area contributed by atoms with E-state index < -0.39 is 17.5 Å². The van der Waals surface area contributed by atoms with Crippen LogP contribution >= 0.6 is 15.9 Å². The van der Waals surface area contributed by atoms with E-state index in [4.69, 9.17) is 0 Å². The van der Waals surface area contributed by atoms with Crippen LogP contribution in [0.3, 0.4) is 0 Å². The predicted octanol–water partition coefficient (Wildman–Crippen LogP) is 3.30. The normalized spacial score (nSPS) is 14.0. The summed E-state index contributed by atoms with van der Waals surface area (Å²) in [5.74, 6) is -0.346. The molecule has 0 bridgehead atoms. The zero-order valence-corrected chi connectivity index (χ0v) is 13.7. The first-order valence-corrected chi connectivity index (χ1v) is 8.35. The summed E-state index contributed by atoms with van der Waals surface area (Å²) in [6, 6.07) is 10.8. The van der Waals surface area contributed by atoms with Gasteiger partial charge >= 0.3 is 0 Å². The molecule has 0 amide bonds. The van der Waals surface area contributed by atoms with Crippen molar-refractivity contribution >= 4 is 27.3 Å². The van der Waals surface area contributed by atoms with Gasteiger partial charge in [-0.3, -0.25) is 0 Å². The summed E-state index contributed by atoms with van der Waals surface area (Å²) >= 11 is 2.11. The highest BCUT2D eigenvalue weighted by atomic mass is 79.9. The molecule has 0 aliphatic heterocycles. The molecule has 0 spiro atoms. The van der Waals surface area contributed by atoms with Gasteiger partial charge in [-0.05, 0) is 42.3 Å². The third-order valence-electron chi connectivity index (χ3n) is 2.94. The van der Waals surface area contributed by atoms with E-state index in [1.54, 1.807) is 18.2 Å². The van der Waals surface area contributed by atoms with Crippen LogP contribution in [0, 0.1) is 5.82 Å². The van der Waals surface area contributed by atoms with Gasteiger partial charge in [0.1, 0.15) is 11.9 Å². The molecule has 0 aliphatic carbocycles. The van der Waals surface area contributed by atoms with Gasteiger partial charge in [-0.1, -0.05) is 28.1 Å². The summed E-state index contributed by atoms with van der Waals surface area (Å²) in [5, 5.41) is 10.4. The summed E-state index contributed by atoms with van der Waals surface area (Å²) in [4.78, 5) is 0.624. The fraction of sp³-hybridized carbons (Fsp3) is 0.200. The number of halogens is 2. The molecular weight excluding hydrogens is 357 g/mol. The Morgan fingerprint density at radius 1 is 1.29 bits per heavy atom. The number of aliphatic hydroxyl groups is 1. The van der Waals surface area contributed by atoms with Crippen molar-refractivity contribution in [3.8, 4) is 0 Å². The van der Waals surface area contributed by atoms with Crippen molar-refractivity contribution in [3.05, 3.63) is 63.9 Å². The van der Waals surface area contributed by atoms with Crippen LogP contribution < -0.4 is 4.72 Å². The Morgan fingerprint density at radius 2 is 1.95 bits per heavy atom. The molecule has 3 nitrogen and oxygen atoms in total. The lowest BCUT2D eigenvalue weighted by Gasteiger charge is -2.15. The van der Waals surface area contributed by atoms with Gasteiger partial charge < -0.3 is 9.66 Å². The van der Waals surface area contributed by atoms with E-state index in [0.29, 0.717) is 27.0 Å². The molecule has 2 N–H and O–H groups in total. The number of benzene rings is 2. The van der Waals surface area contributed by atoms with Crippen molar-refractivity contribution in [1.29, 1.82) is 0 Å². The smallest absolute Gasteiger partial charge is 0.175 e. The molecule has 2 rings (SSSR count). The Labute approximate surface area is 134 Å². The second-order valence-corrected chi connectivity index (χ2v) is 6.56. The summed E-state index contributed by atoms with van der Waals surface area (Å²) in [6.45, 7) is 2.48. The lowest BCUT2D eigenvalue weighted by molar-refractivity contribution is 0.219. The summed E-state index contributed by atoms with van der Waals surface area (Å²) in [6.07, 6.45) is -0.874. The molecule has 0 aromatic heterocycles. The molecule has 2 unspecified atom stereocenters. The average Bonchev–Trinajstić information content (AvgIpc) is 2.47. The van der Waals surface area contributed by atoms with E-state index in [1.165, 1.54) is 24.3 Å². The van der Waals surface area contributed by atoms with E-state index in [2.05, 4.69) is 20.7 Å². The van der Waals surface area contributed by atoms with Crippen molar-refractivity contribution in [2.24, 2.45) is 0 Å². The number of hydrogen-bond donors (Lipinski definition) is 2. The van der Waals surface area contributed by atoms with Crippen molar-refractivity contribution in [2.75, 3.05) is 6.54 Å². The Balaban J connectivity index is 2.26. The van der Waals surface area contributed by atoms with Crippen LogP contribution in [-0.2, 0) is 11.4 Å². The number of hydrogen-bond acceptors (Lipinski definition) is 3. The van der Waals surface area contributed by atoms with Crippen LogP contribution in [0.2, 0.25) is 0 Å². The molecule has 0 aliphatic rings. The molecule has 112 valence electrons. The highest BCUT2D eigenvalue weighted by Crippen LogP contribution is 2.30. The predicted molar refractivity (Wildman–Crippen MR) is 84.7 cm³/mol. The van der Waals surface area contributed by atoms with E-state index >= 15 is 0 Å². The van der Waals surface area contributed by atoms with Crippen molar-refractivity contribution in [3.63, 3.8) is 0 Å². The van der Waals surface area contributed by atoms with E-state index in [-0.39, 0.29) is 5.82 Å². The maximum Gasteiger partial charge on any atom is 0.175 e. The molecule has 6 heteroatoms. The Bertz CT molecular complexity index is 609. The van der Waals surface area contributed by atoms with Crippen molar-refractivity contribution in [2.45, 2.75) is 17.9 Å². The standard InChI is InChI=1S/C15H15BrFNO2S/c1-2-18-21(20)12-7-8-13(14(16)9-12)15(19)10-3-5-11(17)6-4-10/h3-9,15,18-19H,2H2,1H3. The zero-order chi connectivity index (χ0) is 15.4. The number of aliphatic hydroxyl groups excluding tert-OH is 1. The first-order chi connectivity index (χ1) is 10.0. The molecule has 2 atom stereocenters. The van der Waals surface area contributed by atoms with Crippen molar-refractivity contribution in [1.82, 2.24) is 4.72 Å². The van der Waals surface area contributed by atoms with Gasteiger partial charge in [0.2, 0.25) is 0 Å². The summed E-state index contributed by atoms with van der Waals surface area (Å²) in [5.41, 5.74) is 1.23. The van der Waals surface area contributed by atoms with E-state index in [0.717, 1.165) is 0 Å². The van der Waals surface area contributed by atoms with Crippen molar-refractivity contribution < 1.29 is 14.0 Å². The fourth-order valence-corrected chi connectivity index (χ4v) is 3.48. The van der Waals surface area contributed by atoms with Gasteiger partial charge in [-0.15, -0.1) is 4.72 Å². The van der Waals surface area contributed by atoms with Crippen LogP contribution in [-0.4, -0.2) is 16.2 Å². The topological polar surface area (TPSA) is 55.3 Å². The lowest BCUT2D eigenvalue weighted by atomic mass is 10.0. The van der Waals surface area contributed by atoms with Gasteiger partial charge in [0.05, 0.1) is 11.4 Å². The average molecular weight is 372 g/mol. The summed E-state index contributed by atoms with van der Waals surface area (Å²) in [7, 11) is 0. The van der Waals surface area contributed by atoms with E-state index in [1.807, 2.05) is 6.92 Å². The first kappa shape index (κ1) is 16.5. The molecule has 2 aromatic carbocycles. The second-order valence-electron chi connectivity index (χ2n) is 4.40. The monoisotopic (exact) mass is 371 g/mol. The Hall–Kier alpha value is -0.920. The molecule has 21 heavy (non-hydrogen) atoms. The molecule has 2 aromatic rings. The Kier molecular flexibility index (Phi) is 5.78. The lowest BCUT2D eigenvalue weighted by Crippen LogP contribution is -2.23. The molecule has 0 heterocycles. The largest absolute Gasteiger partial charge is 0.593 e. The Morgan fingerprint density at radius 3 is 2.52 bits per heavy atom.